The van der Waals surface area contributed by atoms with Crippen LogP contribution in [-0.4, -0.2) is 72.4 Å². The zero-order chi connectivity index (χ0) is 34.6. The van der Waals surface area contributed by atoms with Gasteiger partial charge in [0.1, 0.15) is 33.5 Å². The van der Waals surface area contributed by atoms with E-state index in [1.165, 1.54) is 30.3 Å². The number of hydrogen-bond donors (Lipinski definition) is 8. The molecule has 11 N–H and O–H groups in total. The summed E-state index contributed by atoms with van der Waals surface area (Å²) in [6.45, 7) is -0.231. The highest BCUT2D eigenvalue weighted by Gasteiger charge is 2.22. The summed E-state index contributed by atoms with van der Waals surface area (Å²) in [5, 5.41) is 45.5. The van der Waals surface area contributed by atoms with Gasteiger partial charge in [0.05, 0.1) is 18.9 Å². The molecule has 0 heterocycles. The molecule has 0 aliphatic carbocycles. The number of nitrogen functional groups attached to an aromatic ring is 3. The maximum absolute atomic E-state index is 12.0. The molecule has 0 atom stereocenters. The topological polar surface area (TPSA) is 283 Å². The molecule has 0 unspecified atom stereocenters. The molecule has 4 aromatic carbocycles. The van der Waals surface area contributed by atoms with Crippen LogP contribution in [0.3, 0.4) is 0 Å². The van der Waals surface area contributed by atoms with Crippen LogP contribution >= 0.6 is 0 Å². The van der Waals surface area contributed by atoms with Crippen LogP contribution in [0.15, 0.2) is 75.8 Å². The number of rotatable bonds is 14. The Kier molecular flexibility index (Phi) is 12.9. The normalized spacial score (nSPS) is 11.2. The number of nitrogens with zero attached hydrogens (tertiary/aromatic N) is 2. The fourth-order valence-corrected chi connectivity index (χ4v) is 4.50. The number of phenols is 1. The molecule has 0 aliphatic heterocycles. The zero-order valence-corrected chi connectivity index (χ0v) is 25.8. The Bertz CT molecular complexity index is 1820. The number of hydrogen-bond acceptors (Lipinski definition) is 14. The second-order valence-electron chi connectivity index (χ2n) is 9.69. The van der Waals surface area contributed by atoms with Crippen LogP contribution in [0.5, 0.6) is 23.0 Å². The van der Waals surface area contributed by atoms with Crippen molar-refractivity contribution < 1.29 is 52.4 Å². The predicted octanol–water partition coefficient (Wildman–Crippen LogP) is 3.63. The van der Waals surface area contributed by atoms with Gasteiger partial charge in [0.2, 0.25) is 0 Å². The van der Waals surface area contributed by atoms with E-state index in [-0.39, 0.29) is 61.3 Å². The largest absolute Gasteiger partial charge is 0.505 e. The third kappa shape index (κ3) is 10.6. The first-order chi connectivity index (χ1) is 22.3. The molecular weight excluding hydrogens is 638 g/mol. The minimum absolute atomic E-state index is 0.0736. The van der Waals surface area contributed by atoms with Gasteiger partial charge in [-0.3, -0.25) is 4.55 Å². The molecule has 0 bridgehead atoms. The van der Waals surface area contributed by atoms with Crippen molar-refractivity contribution in [2.24, 2.45) is 10.2 Å². The maximum atomic E-state index is 12.0. The van der Waals surface area contributed by atoms with Gasteiger partial charge in [0.15, 0.2) is 12.4 Å². The smallest absolute Gasteiger partial charge is 0.341 e. The highest BCUT2D eigenvalue weighted by molar-refractivity contribution is 7.86. The van der Waals surface area contributed by atoms with E-state index in [1.807, 2.05) is 0 Å². The monoisotopic (exact) mass is 673 g/mol. The summed E-state index contributed by atoms with van der Waals surface area (Å²) in [4.78, 5) is 9.43. The molecule has 0 aromatic heterocycles. The Hall–Kier alpha value is -5.36. The molecular formula is C30H35N5O11S. The van der Waals surface area contributed by atoms with Gasteiger partial charge >= 0.3 is 5.97 Å². The third-order valence-corrected chi connectivity index (χ3v) is 6.93. The molecule has 0 amide bonds. The molecule has 0 saturated carbocycles. The Morgan fingerprint density at radius 1 is 0.787 bits per heavy atom. The van der Waals surface area contributed by atoms with E-state index in [2.05, 4.69) is 10.2 Å². The predicted molar refractivity (Wildman–Crippen MR) is 173 cm³/mol. The number of carbonyl (C=O) groups is 1. The molecule has 252 valence electrons. The van der Waals surface area contributed by atoms with E-state index in [0.717, 1.165) is 6.07 Å². The van der Waals surface area contributed by atoms with E-state index < -0.39 is 32.4 Å². The Labute approximate surface area is 269 Å². The van der Waals surface area contributed by atoms with Crippen molar-refractivity contribution in [1.29, 1.82) is 0 Å². The third-order valence-electron chi connectivity index (χ3n) is 6.07. The number of aliphatic hydroxyl groups is 2. The summed E-state index contributed by atoms with van der Waals surface area (Å²) in [6, 6.07) is 14.9. The van der Waals surface area contributed by atoms with Gasteiger partial charge in [-0.15, -0.1) is 10.2 Å². The molecule has 0 fully saturated rings. The summed E-state index contributed by atoms with van der Waals surface area (Å²) in [6.07, 6.45) is 0.682. The molecule has 4 rings (SSSR count). The highest BCUT2D eigenvalue weighted by Crippen LogP contribution is 2.43. The number of fused-ring (bicyclic) bond motifs is 1. The number of aliphatic carboxylic acids is 1. The molecule has 16 nitrogen and oxygen atoms in total. The van der Waals surface area contributed by atoms with Crippen molar-refractivity contribution in [3.8, 4) is 23.0 Å². The van der Waals surface area contributed by atoms with E-state index in [4.69, 9.17) is 46.7 Å². The van der Waals surface area contributed by atoms with Crippen LogP contribution < -0.4 is 31.4 Å². The number of carboxylic acid groups (broad SMARTS) is 1. The van der Waals surface area contributed by atoms with Crippen LogP contribution in [0.25, 0.3) is 10.8 Å². The van der Waals surface area contributed by atoms with Gasteiger partial charge in [0, 0.05) is 54.9 Å². The van der Waals surface area contributed by atoms with E-state index in [0.29, 0.717) is 35.4 Å². The van der Waals surface area contributed by atoms with Crippen molar-refractivity contribution in [2.45, 2.75) is 17.7 Å². The number of benzene rings is 4. The van der Waals surface area contributed by atoms with Crippen LogP contribution in [0.4, 0.5) is 28.4 Å². The molecule has 0 radical (unpaired) electrons. The van der Waals surface area contributed by atoms with Crippen molar-refractivity contribution >= 4 is 55.3 Å². The molecule has 0 saturated heterocycles. The first-order valence-corrected chi connectivity index (χ1v) is 15.3. The van der Waals surface area contributed by atoms with Gasteiger partial charge in [0.25, 0.3) is 10.1 Å². The number of azo groups is 1. The fraction of sp³-hybridized carbons (Fsp3) is 0.233. The van der Waals surface area contributed by atoms with Crippen molar-refractivity contribution in [3.63, 3.8) is 0 Å². The van der Waals surface area contributed by atoms with Gasteiger partial charge in [-0.2, -0.15) is 8.42 Å². The van der Waals surface area contributed by atoms with E-state index in [9.17, 15) is 22.9 Å². The quantitative estimate of drug-likeness (QED) is 0.0411. The minimum Gasteiger partial charge on any atom is -0.505 e. The molecule has 47 heavy (non-hydrogen) atoms. The van der Waals surface area contributed by atoms with Gasteiger partial charge in [-0.1, -0.05) is 6.07 Å². The average Bonchev–Trinajstić information content (AvgIpc) is 3.02. The average molecular weight is 674 g/mol. The lowest BCUT2D eigenvalue weighted by atomic mass is 10.1. The van der Waals surface area contributed by atoms with Gasteiger partial charge in [-0.25, -0.2) is 4.79 Å². The Balaban J connectivity index is 0.000000420. The SMILES string of the molecule is Nc1ccc(OCC(=O)O)cc1.Nc1ccc2cc(S(=O)(=O)O)c(N=Nc3cc(OCCCO)c(N)cc3OCCCO)c(O)c2c1. The number of aliphatic hydroxyl groups excluding tert-OH is 2. The van der Waals surface area contributed by atoms with Crippen molar-refractivity contribution in [1.82, 2.24) is 0 Å². The first-order valence-electron chi connectivity index (χ1n) is 13.9. The second kappa shape index (κ2) is 16.8. The van der Waals surface area contributed by atoms with Crippen LogP contribution in [-0.2, 0) is 14.9 Å². The number of anilines is 3. The van der Waals surface area contributed by atoms with Crippen molar-refractivity contribution in [2.75, 3.05) is 50.2 Å². The summed E-state index contributed by atoms with van der Waals surface area (Å²) in [5.41, 5.74) is 17.9. The number of phenolic OH excluding ortho intramolecular Hbond substituents is 1. The highest BCUT2D eigenvalue weighted by atomic mass is 32.2. The Morgan fingerprint density at radius 2 is 1.40 bits per heavy atom. The van der Waals surface area contributed by atoms with Crippen molar-refractivity contribution in [3.05, 3.63) is 60.7 Å². The van der Waals surface area contributed by atoms with Gasteiger partial charge < -0.3 is 51.8 Å². The van der Waals surface area contributed by atoms with Crippen LogP contribution in [0, 0.1) is 0 Å². The minimum atomic E-state index is -4.79. The number of aromatic hydroxyl groups is 1. The van der Waals surface area contributed by atoms with Gasteiger partial charge in [-0.05, 0) is 47.9 Å². The number of nitrogens with two attached hydrogens (primary N) is 3. The summed E-state index contributed by atoms with van der Waals surface area (Å²) in [5.74, 6) is -0.665. The lowest BCUT2D eigenvalue weighted by Crippen LogP contribution is -2.09. The summed E-state index contributed by atoms with van der Waals surface area (Å²) < 4.78 is 49.8. The first kappa shape index (κ1) is 36.1. The maximum Gasteiger partial charge on any atom is 0.341 e. The molecule has 4 aromatic rings. The van der Waals surface area contributed by atoms with E-state index in [1.54, 1.807) is 24.3 Å². The second-order valence-corrected chi connectivity index (χ2v) is 11.1. The van der Waals surface area contributed by atoms with Crippen LogP contribution in [0.2, 0.25) is 0 Å². The summed E-state index contributed by atoms with van der Waals surface area (Å²) in [7, 11) is -4.79. The molecule has 0 spiro atoms. The fourth-order valence-electron chi connectivity index (χ4n) is 3.84. The molecule has 0 aliphatic rings. The summed E-state index contributed by atoms with van der Waals surface area (Å²) >= 11 is 0. The van der Waals surface area contributed by atoms with Crippen LogP contribution in [0.1, 0.15) is 12.8 Å². The lowest BCUT2D eigenvalue weighted by Gasteiger charge is -2.13. The standard InChI is InChI=1S/C22H26N4O8S.C8H9NO3/c23-14-4-3-13-9-20(35(30,31)32)21(22(29)15(13)10-14)26-25-17-12-18(33-7-1-5-27)16(24)11-19(17)34-8-2-6-28;9-6-1-3-7(4-2-6)12-5-8(10)11/h3-4,9-12,27-29H,1-2,5-8,23-24H2,(H,30,31,32);1-4H,5,9H2,(H,10,11). The Morgan fingerprint density at radius 3 is 2.00 bits per heavy atom. The lowest BCUT2D eigenvalue weighted by molar-refractivity contribution is -0.139. The van der Waals surface area contributed by atoms with E-state index >= 15 is 0 Å². The zero-order valence-electron chi connectivity index (χ0n) is 24.9. The number of carboxylic acids is 1. The molecule has 17 heteroatoms. The number of ether oxygens (including phenoxy) is 3.